The summed E-state index contributed by atoms with van der Waals surface area (Å²) < 4.78 is 14.7. The molecule has 1 amide bonds. The number of rotatable bonds is 5. The van der Waals surface area contributed by atoms with Crippen LogP contribution in [0, 0.1) is 25.6 Å². The maximum absolute atomic E-state index is 13.1. The molecule has 0 N–H and O–H groups in total. The zero-order valence-corrected chi connectivity index (χ0v) is 17.0. The van der Waals surface area contributed by atoms with Crippen LogP contribution < -0.4 is 5.56 Å². The number of amides is 1. The molecule has 2 aromatic rings. The summed E-state index contributed by atoms with van der Waals surface area (Å²) in [5, 5.41) is 0. The Kier molecular flexibility index (Phi) is 6.32. The molecule has 1 atom stereocenters. The van der Waals surface area contributed by atoms with E-state index < -0.39 is 0 Å². The third kappa shape index (κ3) is 4.34. The van der Waals surface area contributed by atoms with Crippen molar-refractivity contribution in [2.45, 2.75) is 53.0 Å². The number of hydrogen-bond donors (Lipinski definition) is 0. The van der Waals surface area contributed by atoms with Gasteiger partial charge in [0.2, 0.25) is 0 Å². The molecule has 0 aliphatic carbocycles. The quantitative estimate of drug-likeness (QED) is 0.779. The van der Waals surface area contributed by atoms with Crippen molar-refractivity contribution < 1.29 is 9.18 Å². The molecule has 2 heterocycles. The second kappa shape index (κ2) is 8.72. The van der Waals surface area contributed by atoms with Crippen molar-refractivity contribution in [2.75, 3.05) is 13.1 Å². The van der Waals surface area contributed by atoms with Crippen molar-refractivity contribution in [3.8, 4) is 0 Å². The summed E-state index contributed by atoms with van der Waals surface area (Å²) in [5.41, 5.74) is 2.89. The van der Waals surface area contributed by atoms with Crippen LogP contribution in [0.4, 0.5) is 4.39 Å². The molecule has 4 nitrogen and oxygen atoms in total. The largest absolute Gasteiger partial charge is 0.338 e. The Morgan fingerprint density at radius 1 is 1.21 bits per heavy atom. The standard InChI is InChI=1S/C23H29FN2O2/c1-4-26-17(3)14-16(2)21(23(26)28)22(27)25-13-5-6-19(15-25)8-7-18-9-11-20(24)12-10-18/h9-12,14,19H,4-8,13,15H2,1-3H3/t19-/m1/s1. The SMILES string of the molecule is CCn1c(C)cc(C)c(C(=O)N2CCC[C@H](CCc3ccc(F)cc3)C2)c1=O. The zero-order chi connectivity index (χ0) is 20.3. The number of pyridine rings is 1. The third-order valence-corrected chi connectivity index (χ3v) is 5.80. The van der Waals surface area contributed by atoms with Crippen molar-refractivity contribution in [3.63, 3.8) is 0 Å². The Morgan fingerprint density at radius 3 is 2.61 bits per heavy atom. The van der Waals surface area contributed by atoms with E-state index in [-0.39, 0.29) is 17.3 Å². The van der Waals surface area contributed by atoms with Crippen molar-refractivity contribution in [2.24, 2.45) is 5.92 Å². The number of benzene rings is 1. The smallest absolute Gasteiger partial charge is 0.263 e. The maximum Gasteiger partial charge on any atom is 0.263 e. The Labute approximate surface area is 166 Å². The van der Waals surface area contributed by atoms with Crippen LogP contribution in [-0.4, -0.2) is 28.5 Å². The molecule has 1 saturated heterocycles. The van der Waals surface area contributed by atoms with E-state index in [0.29, 0.717) is 31.1 Å². The number of piperidine rings is 1. The Morgan fingerprint density at radius 2 is 1.93 bits per heavy atom. The lowest BCUT2D eigenvalue weighted by molar-refractivity contribution is 0.0665. The summed E-state index contributed by atoms with van der Waals surface area (Å²) in [6, 6.07) is 8.55. The van der Waals surface area contributed by atoms with Crippen LogP contribution in [-0.2, 0) is 13.0 Å². The molecule has 28 heavy (non-hydrogen) atoms. The second-order valence-electron chi connectivity index (χ2n) is 7.82. The van der Waals surface area contributed by atoms with Crippen LogP contribution >= 0.6 is 0 Å². The molecule has 1 fully saturated rings. The number of carbonyl (C=O) groups excluding carboxylic acids is 1. The van der Waals surface area contributed by atoms with Gasteiger partial charge in [0.15, 0.2) is 0 Å². The van der Waals surface area contributed by atoms with Crippen molar-refractivity contribution in [3.05, 3.63) is 68.9 Å². The monoisotopic (exact) mass is 384 g/mol. The minimum atomic E-state index is -0.218. The summed E-state index contributed by atoms with van der Waals surface area (Å²) >= 11 is 0. The first kappa shape index (κ1) is 20.3. The van der Waals surface area contributed by atoms with Gasteiger partial charge in [-0.1, -0.05) is 12.1 Å². The van der Waals surface area contributed by atoms with Gasteiger partial charge in [-0.2, -0.15) is 0 Å². The lowest BCUT2D eigenvalue weighted by Crippen LogP contribution is -2.43. The predicted octanol–water partition coefficient (Wildman–Crippen LogP) is 4.11. The second-order valence-corrected chi connectivity index (χ2v) is 7.82. The van der Waals surface area contributed by atoms with Gasteiger partial charge in [0.25, 0.3) is 11.5 Å². The van der Waals surface area contributed by atoms with Crippen LogP contribution in [0.15, 0.2) is 35.1 Å². The average Bonchev–Trinajstić information content (AvgIpc) is 2.67. The molecule has 1 aromatic carbocycles. The van der Waals surface area contributed by atoms with Crippen molar-refractivity contribution in [1.82, 2.24) is 9.47 Å². The van der Waals surface area contributed by atoms with Crippen LogP contribution in [0.25, 0.3) is 0 Å². The first-order valence-electron chi connectivity index (χ1n) is 10.2. The molecule has 0 saturated carbocycles. The van der Waals surface area contributed by atoms with Crippen LogP contribution in [0.5, 0.6) is 0 Å². The first-order valence-corrected chi connectivity index (χ1v) is 10.2. The molecule has 1 aromatic heterocycles. The number of carbonyl (C=O) groups is 1. The summed E-state index contributed by atoms with van der Waals surface area (Å²) in [6.07, 6.45) is 3.87. The molecule has 5 heteroatoms. The Bertz CT molecular complexity index is 902. The number of likely N-dealkylation sites (tertiary alicyclic amines) is 1. The van der Waals surface area contributed by atoms with Gasteiger partial charge in [-0.05, 0) is 81.7 Å². The third-order valence-electron chi connectivity index (χ3n) is 5.80. The first-order chi connectivity index (χ1) is 13.4. The molecule has 0 radical (unpaired) electrons. The van der Waals surface area contributed by atoms with Crippen molar-refractivity contribution in [1.29, 1.82) is 0 Å². The van der Waals surface area contributed by atoms with E-state index >= 15 is 0 Å². The zero-order valence-electron chi connectivity index (χ0n) is 17.0. The molecule has 0 unspecified atom stereocenters. The van der Waals surface area contributed by atoms with Crippen LogP contribution in [0.1, 0.15) is 53.4 Å². The van der Waals surface area contributed by atoms with Gasteiger partial charge in [-0.25, -0.2) is 4.39 Å². The highest BCUT2D eigenvalue weighted by molar-refractivity contribution is 5.95. The molecule has 1 aliphatic heterocycles. The minimum absolute atomic E-state index is 0.142. The normalized spacial score (nSPS) is 17.0. The fourth-order valence-corrected chi connectivity index (χ4v) is 4.25. The van der Waals surface area contributed by atoms with E-state index in [1.54, 1.807) is 4.57 Å². The van der Waals surface area contributed by atoms with E-state index in [2.05, 4.69) is 0 Å². The van der Waals surface area contributed by atoms with Crippen molar-refractivity contribution >= 4 is 5.91 Å². The number of hydrogen-bond acceptors (Lipinski definition) is 2. The minimum Gasteiger partial charge on any atom is -0.338 e. The molecule has 0 spiro atoms. The van der Waals surface area contributed by atoms with E-state index in [0.717, 1.165) is 42.5 Å². The van der Waals surface area contributed by atoms with Gasteiger partial charge in [-0.3, -0.25) is 9.59 Å². The highest BCUT2D eigenvalue weighted by atomic mass is 19.1. The van der Waals surface area contributed by atoms with Gasteiger partial charge in [-0.15, -0.1) is 0 Å². The summed E-state index contributed by atoms with van der Waals surface area (Å²) in [4.78, 5) is 27.8. The topological polar surface area (TPSA) is 42.3 Å². The highest BCUT2D eigenvalue weighted by Crippen LogP contribution is 2.23. The molecule has 150 valence electrons. The van der Waals surface area contributed by atoms with Crippen LogP contribution in [0.3, 0.4) is 0 Å². The molecule has 1 aliphatic rings. The predicted molar refractivity (Wildman–Crippen MR) is 109 cm³/mol. The Balaban J connectivity index is 1.71. The number of aryl methyl sites for hydroxylation is 3. The molecular weight excluding hydrogens is 355 g/mol. The Hall–Kier alpha value is -2.43. The van der Waals surface area contributed by atoms with E-state index in [1.165, 1.54) is 12.1 Å². The highest BCUT2D eigenvalue weighted by Gasteiger charge is 2.27. The van der Waals surface area contributed by atoms with Crippen LogP contribution in [0.2, 0.25) is 0 Å². The van der Waals surface area contributed by atoms with E-state index in [1.807, 2.05) is 43.9 Å². The van der Waals surface area contributed by atoms with Gasteiger partial charge in [0.1, 0.15) is 11.4 Å². The van der Waals surface area contributed by atoms with E-state index in [9.17, 15) is 14.0 Å². The average molecular weight is 384 g/mol. The summed E-state index contributed by atoms with van der Waals surface area (Å²) in [6.45, 7) is 7.61. The maximum atomic E-state index is 13.1. The lowest BCUT2D eigenvalue weighted by atomic mass is 9.91. The number of nitrogens with zero attached hydrogens (tertiary/aromatic N) is 2. The molecule has 3 rings (SSSR count). The summed E-state index contributed by atoms with van der Waals surface area (Å²) in [7, 11) is 0. The number of aromatic nitrogens is 1. The lowest BCUT2D eigenvalue weighted by Gasteiger charge is -2.33. The fraction of sp³-hybridized carbons (Fsp3) is 0.478. The summed E-state index contributed by atoms with van der Waals surface area (Å²) in [5.74, 6) is 0.0440. The molecular formula is C23H29FN2O2. The fourth-order valence-electron chi connectivity index (χ4n) is 4.25. The number of halogens is 1. The van der Waals surface area contributed by atoms with E-state index in [4.69, 9.17) is 0 Å². The van der Waals surface area contributed by atoms with Gasteiger partial charge in [0.05, 0.1) is 0 Å². The molecule has 0 bridgehead atoms. The van der Waals surface area contributed by atoms with Gasteiger partial charge in [0, 0.05) is 25.3 Å². The van der Waals surface area contributed by atoms with Gasteiger partial charge >= 0.3 is 0 Å². The van der Waals surface area contributed by atoms with Gasteiger partial charge < -0.3 is 9.47 Å².